The largest absolute Gasteiger partial charge is 0.471 e. The summed E-state index contributed by atoms with van der Waals surface area (Å²) in [6, 6.07) is 10.7. The fraction of sp³-hybridized carbons (Fsp3) is 0.667. The number of nitrogens with zero attached hydrogens (tertiary/aromatic N) is 6. The molecule has 2 N–H and O–H groups in total. The minimum absolute atomic E-state index is 0.0308. The topological polar surface area (TPSA) is 342 Å². The number of Topliss-reactive ketones (excluding diaryl/α,β-unsaturated/α-hetero) is 2. The summed E-state index contributed by atoms with van der Waals surface area (Å²) in [5.74, 6) is -15.8. The number of halogens is 4. The third kappa shape index (κ3) is 19.5. The van der Waals surface area contributed by atoms with Gasteiger partial charge in [0.05, 0.1) is 105 Å². The first kappa shape index (κ1) is 88.4. The van der Waals surface area contributed by atoms with E-state index in [0.29, 0.717) is 99.6 Å². The zero-order chi connectivity index (χ0) is 85.1. The number of aromatic nitrogens is 4. The summed E-state index contributed by atoms with van der Waals surface area (Å²) in [5, 5.41) is 9.35. The van der Waals surface area contributed by atoms with Gasteiger partial charge in [-0.2, -0.15) is 0 Å². The molecule has 0 radical (unpaired) electrons. The van der Waals surface area contributed by atoms with Crippen LogP contribution < -0.4 is 30.0 Å². The van der Waals surface area contributed by atoms with Crippen molar-refractivity contribution >= 4 is 88.7 Å². The predicted molar refractivity (Wildman–Crippen MR) is 423 cm³/mol. The van der Waals surface area contributed by atoms with Crippen LogP contribution in [0.1, 0.15) is 225 Å². The summed E-state index contributed by atoms with van der Waals surface area (Å²) in [4.78, 5) is 143. The summed E-state index contributed by atoms with van der Waals surface area (Å²) < 4.78 is 140. The van der Waals surface area contributed by atoms with Gasteiger partial charge in [0, 0.05) is 39.5 Å². The smallest absolute Gasteiger partial charge is 0.307 e. The quantitative estimate of drug-likeness (QED) is 0.0471. The number of carbonyl (C=O) groups is 8. The number of nitrogens with one attached hydrogen (secondary N) is 2. The number of fused-ring (bicyclic) bond motifs is 6. The van der Waals surface area contributed by atoms with E-state index in [9.17, 15) is 82.3 Å². The lowest BCUT2D eigenvalue weighted by Crippen LogP contribution is -2.48. The number of ether oxygens (including phenoxy) is 4. The van der Waals surface area contributed by atoms with Crippen molar-refractivity contribution in [2.75, 3.05) is 13.1 Å². The Kier molecular flexibility index (Phi) is 25.7. The van der Waals surface area contributed by atoms with Gasteiger partial charge in [0.2, 0.25) is 55.4 Å². The summed E-state index contributed by atoms with van der Waals surface area (Å²) >= 11 is 0. The molecule has 2 aromatic carbocycles. The Bertz CT molecular complexity index is 4590. The minimum atomic E-state index is -3.93. The first-order valence-corrected chi connectivity index (χ1v) is 43.9. The first-order valence-electron chi connectivity index (χ1n) is 40.8. The molecule has 4 saturated carbocycles. The Hall–Kier alpha value is -8.42. The molecular formula is C84H112F4N8O18S2. The highest BCUT2D eigenvalue weighted by atomic mass is 32.2. The molecule has 2 saturated heterocycles. The van der Waals surface area contributed by atoms with Gasteiger partial charge in [-0.05, 0) is 192 Å². The van der Waals surface area contributed by atoms with E-state index in [1.807, 2.05) is 52.0 Å². The van der Waals surface area contributed by atoms with Gasteiger partial charge in [-0.3, -0.25) is 57.4 Å². The number of sulfonamides is 2. The number of hydrogen-bond donors (Lipinski definition) is 2. The number of esters is 2. The third-order valence-corrected chi connectivity index (χ3v) is 28.7. The highest BCUT2D eigenvalue weighted by Gasteiger charge is 2.64. The highest BCUT2D eigenvalue weighted by Crippen LogP contribution is 2.59. The van der Waals surface area contributed by atoms with E-state index >= 15 is 0 Å². The number of hydrogen-bond acceptors (Lipinski definition) is 20. The fourth-order valence-electron chi connectivity index (χ4n) is 16.7. The molecule has 6 fully saturated rings. The maximum absolute atomic E-state index is 14.9. The highest BCUT2D eigenvalue weighted by molar-refractivity contribution is 7.91. The van der Waals surface area contributed by atoms with Crippen LogP contribution in [0.4, 0.5) is 17.6 Å². The molecule has 26 nitrogen and oxygen atoms in total. The van der Waals surface area contributed by atoms with Crippen molar-refractivity contribution in [3.8, 4) is 11.8 Å². The van der Waals surface area contributed by atoms with E-state index in [1.165, 1.54) is 19.2 Å². The third-order valence-electron chi connectivity index (χ3n) is 25.1. The number of ketones is 2. The molecule has 636 valence electrons. The number of allylic oxidation sites excluding steroid dienone is 4. The molecule has 0 spiro atoms. The summed E-state index contributed by atoms with van der Waals surface area (Å²) in [6.07, 6.45) is 10.1. The molecule has 2 aromatic heterocycles. The van der Waals surface area contributed by atoms with Crippen molar-refractivity contribution in [2.24, 2.45) is 58.2 Å². The van der Waals surface area contributed by atoms with Crippen LogP contribution in [0.2, 0.25) is 0 Å². The molecule has 14 atom stereocenters. The molecule has 12 rings (SSSR count). The maximum Gasteiger partial charge on any atom is 0.307 e. The zero-order valence-electron chi connectivity index (χ0n) is 68.7. The Morgan fingerprint density at radius 3 is 1.17 bits per heavy atom. The van der Waals surface area contributed by atoms with E-state index in [4.69, 9.17) is 18.9 Å². The lowest BCUT2D eigenvalue weighted by atomic mass is 9.82. The molecule has 8 aliphatic rings. The Morgan fingerprint density at radius 2 is 0.853 bits per heavy atom. The Labute approximate surface area is 674 Å². The fourth-order valence-corrected chi connectivity index (χ4v) is 19.5. The van der Waals surface area contributed by atoms with Crippen LogP contribution in [0.25, 0.3) is 21.5 Å². The first-order chi connectivity index (χ1) is 54.1. The number of benzene rings is 2. The molecular weight excluding hydrogens is 1550 g/mol. The standard InChI is InChI=1S/2C42H56F2N4O9S/c2*1-24(2)48-38(52)31-15-11-10-14-30(31)36(45-48)56-28-19-33-34(49)22-42(39(53)46-58(54,55)29-16-17-29)21-27(42)13-9-8-12-25(3)18-26(4)32(37(51)47(33)23-28)20-35(50)57-40(5,6)41(7,43)44/h2*9-11,13-15,24-29,32-33H,8,12,16-23H2,1-7H3,(H,46,53)/b2*13-9-/t25-,26+,27+,28+,32-,33-,42+;25-,26-,27-,28-,32+,33+,42-/m01/s1. The van der Waals surface area contributed by atoms with Crippen LogP contribution in [0.5, 0.6) is 11.8 Å². The second-order valence-electron chi connectivity index (χ2n) is 35.9. The molecule has 4 aliphatic heterocycles. The molecule has 0 unspecified atom stereocenters. The van der Waals surface area contributed by atoms with E-state index < -0.39 is 184 Å². The molecule has 4 aromatic rings. The number of amides is 4. The molecule has 32 heteroatoms. The number of rotatable bonds is 20. The van der Waals surface area contributed by atoms with Crippen LogP contribution in [-0.2, 0) is 67.9 Å². The zero-order valence-corrected chi connectivity index (χ0v) is 70.3. The Balaban J connectivity index is 0.000000228. The lowest BCUT2D eigenvalue weighted by Gasteiger charge is -2.34. The second kappa shape index (κ2) is 33.8. The van der Waals surface area contributed by atoms with Gasteiger partial charge in [0.1, 0.15) is 12.2 Å². The second-order valence-corrected chi connectivity index (χ2v) is 39.9. The van der Waals surface area contributed by atoms with Crippen molar-refractivity contribution in [3.05, 3.63) is 93.5 Å². The maximum atomic E-state index is 14.9. The monoisotopic (exact) mass is 1660 g/mol. The van der Waals surface area contributed by atoms with Crippen LogP contribution in [0.3, 0.4) is 0 Å². The van der Waals surface area contributed by atoms with Gasteiger partial charge in [-0.25, -0.2) is 43.8 Å². The van der Waals surface area contributed by atoms with E-state index in [1.54, 1.807) is 76.2 Å². The van der Waals surface area contributed by atoms with E-state index in [0.717, 1.165) is 27.7 Å². The average molecular weight is 1660 g/mol. The van der Waals surface area contributed by atoms with E-state index in [2.05, 4.69) is 19.6 Å². The summed E-state index contributed by atoms with van der Waals surface area (Å²) in [7, 11) is -7.85. The normalized spacial score (nSPS) is 29.2. The van der Waals surface area contributed by atoms with Gasteiger partial charge < -0.3 is 28.7 Å². The lowest BCUT2D eigenvalue weighted by molar-refractivity contribution is -0.197. The van der Waals surface area contributed by atoms with Crippen LogP contribution >= 0.6 is 0 Å². The van der Waals surface area contributed by atoms with Gasteiger partial charge in [-0.15, -0.1) is 10.2 Å². The SMILES string of the molecule is CC(C)n1nc(O[C@@H]2C[C@H]3C(=O)C[C@]4(C(=O)NS(=O)(=O)C5CC5)C[C@H]4/C=C\CC[C@@H](C)C[C@@H](C)[C@H](CC(=O)OC(C)(C)C(C)(F)F)C(=O)N3C2)c2ccccc2c1=O.CC(C)n1nc(O[C@@H]2C[C@H]3C(=O)C[C@]4(C(=O)NS(=O)(=O)C5CC5)C[C@H]4/C=C\CC[C@H](C)C[C@@H](C)[C@H](CC(=O)OC(C)(C)C(C)(F)F)C(=O)N3C2)c2ccccc2c1=O. The number of alkyl halides is 4. The van der Waals surface area contributed by atoms with Gasteiger partial charge in [-0.1, -0.05) is 76.3 Å². The van der Waals surface area contributed by atoms with Crippen molar-refractivity contribution < 1.29 is 91.7 Å². The Morgan fingerprint density at radius 1 is 0.517 bits per heavy atom. The van der Waals surface area contributed by atoms with Gasteiger partial charge in [0.15, 0.2) is 22.8 Å². The molecule has 116 heavy (non-hydrogen) atoms. The van der Waals surface area contributed by atoms with Gasteiger partial charge in [0.25, 0.3) is 23.0 Å². The summed E-state index contributed by atoms with van der Waals surface area (Å²) in [6.45, 7) is 20.3. The van der Waals surface area contributed by atoms with Crippen molar-refractivity contribution in [3.63, 3.8) is 0 Å². The van der Waals surface area contributed by atoms with Crippen molar-refractivity contribution in [1.82, 2.24) is 38.8 Å². The minimum Gasteiger partial charge on any atom is -0.471 e. The van der Waals surface area contributed by atoms with E-state index in [-0.39, 0.29) is 98.4 Å². The molecule has 6 heterocycles. The van der Waals surface area contributed by atoms with Crippen molar-refractivity contribution in [1.29, 1.82) is 0 Å². The van der Waals surface area contributed by atoms with Crippen LogP contribution in [-0.4, -0.2) is 164 Å². The van der Waals surface area contributed by atoms with Crippen LogP contribution in [0.15, 0.2) is 82.4 Å². The summed E-state index contributed by atoms with van der Waals surface area (Å²) in [5.41, 5.74) is -7.66. The molecule has 4 amide bonds. The van der Waals surface area contributed by atoms with Crippen LogP contribution in [0, 0.1) is 58.2 Å². The average Bonchev–Trinajstić information content (AvgIpc) is 1.57. The van der Waals surface area contributed by atoms with Crippen molar-refractivity contribution in [2.45, 2.75) is 282 Å². The molecule has 4 aliphatic carbocycles. The number of carbonyl (C=O) groups excluding carboxylic acids is 8. The molecule has 0 bridgehead atoms. The predicted octanol–water partition coefficient (Wildman–Crippen LogP) is 11.8. The van der Waals surface area contributed by atoms with Gasteiger partial charge >= 0.3 is 11.9 Å².